The third kappa shape index (κ3) is 6.50. The van der Waals surface area contributed by atoms with Gasteiger partial charge in [-0.3, -0.25) is 0 Å². The molecule has 0 radical (unpaired) electrons. The monoisotopic (exact) mass is 590 g/mol. The fraction of sp³-hybridized carbons (Fsp3) is 0.200. The molecule has 200 valence electrons. The average molecular weight is 591 g/mol. The highest BCUT2D eigenvalue weighted by Gasteiger charge is 2.19. The highest BCUT2D eigenvalue weighted by molar-refractivity contribution is 9.10. The third-order valence-corrected chi connectivity index (χ3v) is 6.76. The number of para-hydroxylation sites is 1. The van der Waals surface area contributed by atoms with Gasteiger partial charge in [-0.1, -0.05) is 40.2 Å². The van der Waals surface area contributed by atoms with Gasteiger partial charge in [-0.25, -0.2) is 9.78 Å². The van der Waals surface area contributed by atoms with Crippen LogP contribution in [0.5, 0.6) is 23.1 Å². The summed E-state index contributed by atoms with van der Waals surface area (Å²) in [6.45, 7) is 3.12. The van der Waals surface area contributed by atoms with Crippen LogP contribution in [0.3, 0.4) is 0 Å². The van der Waals surface area contributed by atoms with Crippen molar-refractivity contribution in [3.8, 4) is 34.4 Å². The van der Waals surface area contributed by atoms with Gasteiger partial charge in [0.05, 0.1) is 26.0 Å². The van der Waals surface area contributed by atoms with E-state index in [-0.39, 0.29) is 11.3 Å². The first kappa shape index (κ1) is 26.5. The largest absolute Gasteiger partial charge is 0.497 e. The summed E-state index contributed by atoms with van der Waals surface area (Å²) in [4.78, 5) is 18.9. The predicted octanol–water partition coefficient (Wildman–Crippen LogP) is 6.43. The number of methoxy groups -OCH3 is 1. The van der Waals surface area contributed by atoms with Crippen LogP contribution in [-0.4, -0.2) is 49.5 Å². The molecule has 3 aromatic carbocycles. The maximum Gasteiger partial charge on any atom is 0.339 e. The molecule has 0 unspecified atom stereocenters. The lowest BCUT2D eigenvalue weighted by Gasteiger charge is -2.29. The minimum atomic E-state index is -1.08. The molecule has 1 aliphatic rings. The molecule has 1 aromatic heterocycles. The Labute approximate surface area is 234 Å². The zero-order valence-corrected chi connectivity index (χ0v) is 22.9. The molecule has 1 saturated heterocycles. The zero-order valence-electron chi connectivity index (χ0n) is 21.3. The Kier molecular flexibility index (Phi) is 8.29. The van der Waals surface area contributed by atoms with E-state index in [1.54, 1.807) is 25.3 Å². The number of hydrogen-bond acceptors (Lipinski definition) is 7. The van der Waals surface area contributed by atoms with Crippen molar-refractivity contribution < 1.29 is 28.8 Å². The number of carboxylic acids is 1. The van der Waals surface area contributed by atoms with E-state index in [0.29, 0.717) is 47.2 Å². The van der Waals surface area contributed by atoms with Crippen LogP contribution >= 0.6 is 15.9 Å². The maximum atomic E-state index is 11.9. The Morgan fingerprint density at radius 3 is 2.51 bits per heavy atom. The summed E-state index contributed by atoms with van der Waals surface area (Å²) in [5.74, 6) is 0.885. The second-order valence-corrected chi connectivity index (χ2v) is 9.74. The first-order valence-electron chi connectivity index (χ1n) is 12.4. The quantitative estimate of drug-likeness (QED) is 0.238. The normalized spacial score (nSPS) is 13.1. The minimum absolute atomic E-state index is 0.0534. The molecular formula is C30H27BrN2O6. The summed E-state index contributed by atoms with van der Waals surface area (Å²) in [6.07, 6.45) is 0. The molecule has 1 N–H and O–H groups in total. The van der Waals surface area contributed by atoms with Crippen LogP contribution < -0.4 is 19.1 Å². The van der Waals surface area contributed by atoms with E-state index in [0.717, 1.165) is 30.1 Å². The van der Waals surface area contributed by atoms with Crippen molar-refractivity contribution in [2.75, 3.05) is 38.3 Å². The number of rotatable bonds is 9. The Morgan fingerprint density at radius 1 is 1.00 bits per heavy atom. The van der Waals surface area contributed by atoms with E-state index >= 15 is 0 Å². The highest BCUT2D eigenvalue weighted by Crippen LogP contribution is 2.37. The van der Waals surface area contributed by atoms with Crippen LogP contribution in [0.2, 0.25) is 0 Å². The molecule has 0 saturated carbocycles. The second kappa shape index (κ2) is 12.2. The molecular weight excluding hydrogens is 564 g/mol. The van der Waals surface area contributed by atoms with Crippen molar-refractivity contribution in [2.45, 2.75) is 6.61 Å². The van der Waals surface area contributed by atoms with Crippen LogP contribution in [0.4, 0.5) is 5.69 Å². The number of halogens is 1. The van der Waals surface area contributed by atoms with Gasteiger partial charge < -0.3 is 29.0 Å². The van der Waals surface area contributed by atoms with Crippen molar-refractivity contribution in [2.24, 2.45) is 0 Å². The van der Waals surface area contributed by atoms with Crippen LogP contribution in [0, 0.1) is 0 Å². The second-order valence-electron chi connectivity index (χ2n) is 8.83. The summed E-state index contributed by atoms with van der Waals surface area (Å²) in [5, 5.41) is 9.70. The standard InChI is InChI=1S/C30H27BrN2O6/c1-36-23-9-6-20(7-10-23)19-38-29-18-22(33-12-14-37-15-13-33)17-26(32-29)24-4-2-3-5-27(24)39-28-11-8-21(31)16-25(28)30(34)35/h2-11,16-18H,12-15,19H2,1H3,(H,34,35). The molecule has 1 aliphatic heterocycles. The molecule has 5 rings (SSSR count). The number of anilines is 1. The molecule has 4 aromatic rings. The van der Waals surface area contributed by atoms with Gasteiger partial charge in [-0.2, -0.15) is 0 Å². The lowest BCUT2D eigenvalue weighted by Crippen LogP contribution is -2.36. The molecule has 39 heavy (non-hydrogen) atoms. The minimum Gasteiger partial charge on any atom is -0.497 e. The molecule has 0 amide bonds. The Hall–Kier alpha value is -4.08. The first-order valence-corrected chi connectivity index (χ1v) is 13.2. The summed E-state index contributed by atoms with van der Waals surface area (Å²) in [5.41, 5.74) is 3.35. The topological polar surface area (TPSA) is 90.4 Å². The molecule has 2 heterocycles. The third-order valence-electron chi connectivity index (χ3n) is 6.26. The van der Waals surface area contributed by atoms with Crippen LogP contribution in [0.15, 0.2) is 83.3 Å². The van der Waals surface area contributed by atoms with Gasteiger partial charge in [0.15, 0.2) is 0 Å². The molecule has 8 nitrogen and oxygen atoms in total. The van der Waals surface area contributed by atoms with E-state index in [1.165, 1.54) is 6.07 Å². The SMILES string of the molecule is COc1ccc(COc2cc(N3CCOCC3)cc(-c3ccccc3Oc3ccc(Br)cc3C(=O)O)n2)cc1. The van der Waals surface area contributed by atoms with Crippen LogP contribution in [-0.2, 0) is 11.3 Å². The number of carbonyl (C=O) groups is 1. The van der Waals surface area contributed by atoms with Gasteiger partial charge in [0.1, 0.15) is 29.4 Å². The number of aromatic nitrogens is 1. The smallest absolute Gasteiger partial charge is 0.339 e. The van der Waals surface area contributed by atoms with Gasteiger partial charge in [0.2, 0.25) is 5.88 Å². The number of ether oxygens (including phenoxy) is 4. The molecule has 0 aliphatic carbocycles. The van der Waals surface area contributed by atoms with E-state index < -0.39 is 5.97 Å². The van der Waals surface area contributed by atoms with E-state index in [2.05, 4.69) is 20.8 Å². The molecule has 0 spiro atoms. The van der Waals surface area contributed by atoms with E-state index in [4.69, 9.17) is 23.9 Å². The summed E-state index contributed by atoms with van der Waals surface area (Å²) < 4.78 is 23.7. The summed E-state index contributed by atoms with van der Waals surface area (Å²) in [6, 6.07) is 23.9. The average Bonchev–Trinajstić information content (AvgIpc) is 2.97. The van der Waals surface area contributed by atoms with E-state index in [9.17, 15) is 9.90 Å². The van der Waals surface area contributed by atoms with Gasteiger partial charge in [-0.05, 0) is 54.1 Å². The van der Waals surface area contributed by atoms with Crippen molar-refractivity contribution in [1.29, 1.82) is 0 Å². The Bertz CT molecular complexity index is 1450. The highest BCUT2D eigenvalue weighted by atomic mass is 79.9. The maximum absolute atomic E-state index is 11.9. The predicted molar refractivity (Wildman–Crippen MR) is 151 cm³/mol. The van der Waals surface area contributed by atoms with Crippen molar-refractivity contribution >= 4 is 27.6 Å². The number of aromatic carboxylic acids is 1. The fourth-order valence-corrected chi connectivity index (χ4v) is 4.59. The molecule has 1 fully saturated rings. The number of pyridine rings is 1. The number of hydrogen-bond donors (Lipinski definition) is 1. The number of morpholine rings is 1. The molecule has 9 heteroatoms. The van der Waals surface area contributed by atoms with Gasteiger partial charge in [-0.15, -0.1) is 0 Å². The van der Waals surface area contributed by atoms with Crippen molar-refractivity contribution in [1.82, 2.24) is 4.98 Å². The first-order chi connectivity index (χ1) is 19.0. The van der Waals surface area contributed by atoms with Crippen LogP contribution in [0.25, 0.3) is 11.3 Å². The summed E-state index contributed by atoms with van der Waals surface area (Å²) >= 11 is 3.33. The lowest BCUT2D eigenvalue weighted by molar-refractivity contribution is 0.0694. The number of nitrogens with zero attached hydrogens (tertiary/aromatic N) is 2. The Balaban J connectivity index is 1.50. The number of carboxylic acid groups (broad SMARTS) is 1. The van der Waals surface area contributed by atoms with E-state index in [1.807, 2.05) is 54.6 Å². The molecule has 0 atom stereocenters. The van der Waals surface area contributed by atoms with Crippen molar-refractivity contribution in [3.63, 3.8) is 0 Å². The zero-order chi connectivity index (χ0) is 27.2. The van der Waals surface area contributed by atoms with Gasteiger partial charge in [0.25, 0.3) is 0 Å². The van der Waals surface area contributed by atoms with Gasteiger partial charge in [0, 0.05) is 34.9 Å². The number of benzene rings is 3. The van der Waals surface area contributed by atoms with Gasteiger partial charge >= 0.3 is 5.97 Å². The summed E-state index contributed by atoms with van der Waals surface area (Å²) in [7, 11) is 1.63. The lowest BCUT2D eigenvalue weighted by atomic mass is 10.1. The van der Waals surface area contributed by atoms with Crippen molar-refractivity contribution in [3.05, 3.63) is 94.5 Å². The molecule has 0 bridgehead atoms. The fourth-order valence-electron chi connectivity index (χ4n) is 4.23. The Morgan fingerprint density at radius 2 is 1.77 bits per heavy atom. The van der Waals surface area contributed by atoms with Crippen LogP contribution in [0.1, 0.15) is 15.9 Å².